The number of amides is 1. The number of aromatic nitrogens is 1. The zero-order valence-electron chi connectivity index (χ0n) is 11.8. The van der Waals surface area contributed by atoms with Crippen molar-refractivity contribution in [2.45, 2.75) is 45.3 Å². The molecule has 1 amide bonds. The standard InChI is InChI=1S/C14H20N2O3/c1-14(2,3)19-11-8-16-7-10(18-9-5-6-9)12(11)13(17)15-4/h7-9H,5-6H2,1-4H3,(H,15,17). The van der Waals surface area contributed by atoms with Gasteiger partial charge < -0.3 is 14.8 Å². The number of carbonyl (C=O) groups is 1. The maximum Gasteiger partial charge on any atom is 0.258 e. The van der Waals surface area contributed by atoms with Crippen LogP contribution in [0.25, 0.3) is 0 Å². The van der Waals surface area contributed by atoms with Crippen LogP contribution in [0.1, 0.15) is 44.0 Å². The number of ether oxygens (including phenoxy) is 2. The Balaban J connectivity index is 2.37. The lowest BCUT2D eigenvalue weighted by atomic mass is 10.1. The van der Waals surface area contributed by atoms with Gasteiger partial charge in [0.05, 0.1) is 18.5 Å². The van der Waals surface area contributed by atoms with E-state index >= 15 is 0 Å². The maximum absolute atomic E-state index is 12.0. The largest absolute Gasteiger partial charge is 0.488 e. The molecule has 0 unspecified atom stereocenters. The van der Waals surface area contributed by atoms with Gasteiger partial charge in [-0.05, 0) is 33.6 Å². The Kier molecular flexibility index (Phi) is 3.64. The van der Waals surface area contributed by atoms with E-state index in [9.17, 15) is 4.79 Å². The summed E-state index contributed by atoms with van der Waals surface area (Å²) in [7, 11) is 1.59. The highest BCUT2D eigenvalue weighted by Crippen LogP contribution is 2.34. The number of pyridine rings is 1. The molecule has 0 bridgehead atoms. The van der Waals surface area contributed by atoms with Crippen LogP contribution in [0.15, 0.2) is 12.4 Å². The molecule has 1 saturated carbocycles. The van der Waals surface area contributed by atoms with E-state index in [-0.39, 0.29) is 12.0 Å². The van der Waals surface area contributed by atoms with Crippen molar-refractivity contribution in [1.29, 1.82) is 0 Å². The molecule has 0 aromatic carbocycles. The normalized spacial score (nSPS) is 14.9. The summed E-state index contributed by atoms with van der Waals surface area (Å²) in [6.07, 6.45) is 5.37. The number of carbonyl (C=O) groups excluding carboxylic acids is 1. The number of rotatable bonds is 4. The van der Waals surface area contributed by atoms with Gasteiger partial charge in [-0.25, -0.2) is 0 Å². The van der Waals surface area contributed by atoms with Gasteiger partial charge >= 0.3 is 0 Å². The summed E-state index contributed by atoms with van der Waals surface area (Å²) in [5, 5.41) is 2.61. The third-order valence-corrected chi connectivity index (χ3v) is 2.56. The number of nitrogens with zero attached hydrogens (tertiary/aromatic N) is 1. The molecule has 5 nitrogen and oxygen atoms in total. The van der Waals surface area contributed by atoms with Crippen molar-refractivity contribution in [3.05, 3.63) is 18.0 Å². The summed E-state index contributed by atoms with van der Waals surface area (Å²) in [4.78, 5) is 16.1. The quantitative estimate of drug-likeness (QED) is 0.905. The van der Waals surface area contributed by atoms with Crippen molar-refractivity contribution in [1.82, 2.24) is 10.3 Å². The summed E-state index contributed by atoms with van der Waals surface area (Å²) in [5.74, 6) is 0.714. The Morgan fingerprint density at radius 2 is 1.95 bits per heavy atom. The van der Waals surface area contributed by atoms with Crippen LogP contribution in [0.2, 0.25) is 0 Å². The third kappa shape index (κ3) is 3.59. The summed E-state index contributed by atoms with van der Waals surface area (Å²) in [6, 6.07) is 0. The average Bonchev–Trinajstić information content (AvgIpc) is 3.10. The van der Waals surface area contributed by atoms with E-state index in [0.29, 0.717) is 17.1 Å². The topological polar surface area (TPSA) is 60.5 Å². The smallest absolute Gasteiger partial charge is 0.258 e. The van der Waals surface area contributed by atoms with Crippen molar-refractivity contribution in [3.8, 4) is 11.5 Å². The highest BCUT2D eigenvalue weighted by molar-refractivity contribution is 5.99. The zero-order valence-corrected chi connectivity index (χ0v) is 11.8. The van der Waals surface area contributed by atoms with Crippen molar-refractivity contribution >= 4 is 5.91 Å². The molecule has 1 N–H and O–H groups in total. The van der Waals surface area contributed by atoms with Crippen LogP contribution in [-0.2, 0) is 0 Å². The van der Waals surface area contributed by atoms with Crippen LogP contribution in [-0.4, -0.2) is 29.6 Å². The minimum absolute atomic E-state index is 0.204. The van der Waals surface area contributed by atoms with Gasteiger partial charge in [-0.3, -0.25) is 9.78 Å². The van der Waals surface area contributed by atoms with Gasteiger partial charge in [0.1, 0.15) is 11.2 Å². The Morgan fingerprint density at radius 3 is 2.47 bits per heavy atom. The first-order valence-corrected chi connectivity index (χ1v) is 6.46. The summed E-state index contributed by atoms with van der Waals surface area (Å²) in [5.41, 5.74) is 0.0159. The summed E-state index contributed by atoms with van der Waals surface area (Å²) in [6.45, 7) is 5.78. The molecule has 1 aliphatic carbocycles. The minimum Gasteiger partial charge on any atom is -0.488 e. The van der Waals surface area contributed by atoms with Gasteiger partial charge in [-0.1, -0.05) is 0 Å². The average molecular weight is 264 g/mol. The lowest BCUT2D eigenvalue weighted by Gasteiger charge is -2.23. The van der Waals surface area contributed by atoms with Gasteiger partial charge in [0.15, 0.2) is 11.5 Å². The molecule has 104 valence electrons. The van der Waals surface area contributed by atoms with E-state index in [1.54, 1.807) is 19.4 Å². The first kappa shape index (κ1) is 13.6. The molecule has 1 aromatic heterocycles. The molecule has 0 atom stereocenters. The van der Waals surface area contributed by atoms with E-state index in [1.807, 2.05) is 20.8 Å². The minimum atomic E-state index is -0.400. The summed E-state index contributed by atoms with van der Waals surface area (Å²) < 4.78 is 11.5. The maximum atomic E-state index is 12.0. The Morgan fingerprint density at radius 1 is 1.32 bits per heavy atom. The molecule has 1 fully saturated rings. The second-order valence-electron chi connectivity index (χ2n) is 5.62. The Bertz CT molecular complexity index is 476. The highest BCUT2D eigenvalue weighted by atomic mass is 16.5. The number of nitrogens with one attached hydrogen (secondary N) is 1. The molecule has 0 radical (unpaired) electrons. The van der Waals surface area contributed by atoms with Gasteiger partial charge in [0.25, 0.3) is 5.91 Å². The molecule has 1 aromatic rings. The monoisotopic (exact) mass is 264 g/mol. The lowest BCUT2D eigenvalue weighted by Crippen LogP contribution is -2.27. The molecular formula is C14H20N2O3. The predicted molar refractivity (Wildman–Crippen MR) is 71.7 cm³/mol. The van der Waals surface area contributed by atoms with Crippen LogP contribution >= 0.6 is 0 Å². The molecule has 0 saturated heterocycles. The van der Waals surface area contributed by atoms with Crippen molar-refractivity contribution in [2.24, 2.45) is 0 Å². The summed E-state index contributed by atoms with van der Waals surface area (Å²) >= 11 is 0. The predicted octanol–water partition coefficient (Wildman–Crippen LogP) is 2.16. The van der Waals surface area contributed by atoms with Crippen molar-refractivity contribution < 1.29 is 14.3 Å². The first-order chi connectivity index (χ1) is 8.90. The number of hydrogen-bond donors (Lipinski definition) is 1. The lowest BCUT2D eigenvalue weighted by molar-refractivity contribution is 0.0934. The molecule has 1 heterocycles. The fourth-order valence-corrected chi connectivity index (χ4v) is 1.63. The zero-order chi connectivity index (χ0) is 14.0. The van der Waals surface area contributed by atoms with Crippen LogP contribution in [0, 0.1) is 0 Å². The van der Waals surface area contributed by atoms with Gasteiger partial charge in [-0.15, -0.1) is 0 Å². The first-order valence-electron chi connectivity index (χ1n) is 6.46. The molecule has 19 heavy (non-hydrogen) atoms. The fourth-order valence-electron chi connectivity index (χ4n) is 1.63. The Hall–Kier alpha value is -1.78. The van der Waals surface area contributed by atoms with E-state index in [0.717, 1.165) is 12.8 Å². The van der Waals surface area contributed by atoms with Crippen LogP contribution in [0.5, 0.6) is 11.5 Å². The molecule has 0 aliphatic heterocycles. The molecule has 1 aliphatic rings. The molecule has 2 rings (SSSR count). The van der Waals surface area contributed by atoms with Crippen LogP contribution < -0.4 is 14.8 Å². The van der Waals surface area contributed by atoms with Gasteiger partial charge in [-0.2, -0.15) is 0 Å². The van der Waals surface area contributed by atoms with Crippen molar-refractivity contribution in [2.75, 3.05) is 7.05 Å². The second kappa shape index (κ2) is 5.07. The van der Waals surface area contributed by atoms with E-state index in [2.05, 4.69) is 10.3 Å². The van der Waals surface area contributed by atoms with E-state index < -0.39 is 5.60 Å². The van der Waals surface area contributed by atoms with E-state index in [1.165, 1.54) is 0 Å². The third-order valence-electron chi connectivity index (χ3n) is 2.56. The highest BCUT2D eigenvalue weighted by Gasteiger charge is 2.28. The molecule has 0 spiro atoms. The SMILES string of the molecule is CNC(=O)c1c(OC2CC2)cncc1OC(C)(C)C. The molecular weight excluding hydrogens is 244 g/mol. The van der Waals surface area contributed by atoms with Crippen LogP contribution in [0.3, 0.4) is 0 Å². The Labute approximate surface area is 113 Å². The number of hydrogen-bond acceptors (Lipinski definition) is 4. The molecule has 5 heteroatoms. The second-order valence-corrected chi connectivity index (χ2v) is 5.62. The fraction of sp³-hybridized carbons (Fsp3) is 0.571. The van der Waals surface area contributed by atoms with Gasteiger partial charge in [0.2, 0.25) is 0 Å². The van der Waals surface area contributed by atoms with Gasteiger partial charge in [0, 0.05) is 7.05 Å². The van der Waals surface area contributed by atoms with E-state index in [4.69, 9.17) is 9.47 Å². The van der Waals surface area contributed by atoms with Crippen molar-refractivity contribution in [3.63, 3.8) is 0 Å². The van der Waals surface area contributed by atoms with Crippen LogP contribution in [0.4, 0.5) is 0 Å².